The van der Waals surface area contributed by atoms with Crippen LogP contribution in [0.3, 0.4) is 0 Å². The van der Waals surface area contributed by atoms with E-state index in [4.69, 9.17) is 5.73 Å². The maximum atomic E-state index is 12.4. The van der Waals surface area contributed by atoms with E-state index >= 15 is 0 Å². The van der Waals surface area contributed by atoms with Gasteiger partial charge in [0.25, 0.3) is 0 Å². The zero-order valence-electron chi connectivity index (χ0n) is 13.5. The van der Waals surface area contributed by atoms with Crippen molar-refractivity contribution < 1.29 is 4.79 Å². The summed E-state index contributed by atoms with van der Waals surface area (Å²) in [5, 5.41) is 3.23. The van der Waals surface area contributed by atoms with Gasteiger partial charge in [0.15, 0.2) is 0 Å². The average molecular weight is 280 g/mol. The third-order valence-corrected chi connectivity index (χ3v) is 5.47. The lowest BCUT2D eigenvalue weighted by atomic mass is 9.69. The third kappa shape index (κ3) is 3.97. The number of hydrogen-bond acceptors (Lipinski definition) is 2. The first kappa shape index (κ1) is 15.8. The molecule has 2 aliphatic carbocycles. The summed E-state index contributed by atoms with van der Waals surface area (Å²) < 4.78 is 0. The molecule has 2 rings (SSSR count). The van der Waals surface area contributed by atoms with Crippen molar-refractivity contribution in [1.29, 1.82) is 0 Å². The van der Waals surface area contributed by atoms with Crippen LogP contribution in [0.1, 0.15) is 72.1 Å². The highest BCUT2D eigenvalue weighted by atomic mass is 16.1. The molecule has 116 valence electrons. The second kappa shape index (κ2) is 6.46. The molecule has 0 heterocycles. The van der Waals surface area contributed by atoms with Gasteiger partial charge in [-0.15, -0.1) is 0 Å². The Hall–Kier alpha value is -0.570. The van der Waals surface area contributed by atoms with E-state index < -0.39 is 0 Å². The van der Waals surface area contributed by atoms with Crippen molar-refractivity contribution in [1.82, 2.24) is 5.32 Å². The van der Waals surface area contributed by atoms with Crippen molar-refractivity contribution in [3.63, 3.8) is 0 Å². The topological polar surface area (TPSA) is 55.1 Å². The summed E-state index contributed by atoms with van der Waals surface area (Å²) in [4.78, 5) is 12.4. The first-order valence-electron chi connectivity index (χ1n) is 8.44. The quantitative estimate of drug-likeness (QED) is 0.816. The minimum absolute atomic E-state index is 0.165. The van der Waals surface area contributed by atoms with Crippen LogP contribution in [0.5, 0.6) is 0 Å². The van der Waals surface area contributed by atoms with Crippen molar-refractivity contribution in [2.24, 2.45) is 23.0 Å². The molecule has 2 fully saturated rings. The summed E-state index contributed by atoms with van der Waals surface area (Å²) in [6, 6.07) is 0.384. The molecule has 0 bridgehead atoms. The zero-order chi connectivity index (χ0) is 14.8. The second-order valence-electron chi connectivity index (χ2n) is 7.98. The standard InChI is InChI=1S/C17H32N2O/c1-17(2,3)13-10-8-12(9-11-13)16(20)19-15-7-5-4-6-14(15)18/h12-15H,4-11,18H2,1-3H3,(H,19,20)/t12?,13?,14-,15-/m1/s1. The number of amides is 1. The van der Waals surface area contributed by atoms with E-state index in [9.17, 15) is 4.79 Å². The van der Waals surface area contributed by atoms with Crippen molar-refractivity contribution in [3.05, 3.63) is 0 Å². The molecule has 0 aromatic heterocycles. The van der Waals surface area contributed by atoms with Crippen molar-refractivity contribution >= 4 is 5.91 Å². The first-order chi connectivity index (χ1) is 9.38. The molecule has 0 aromatic carbocycles. The highest BCUT2D eigenvalue weighted by molar-refractivity contribution is 5.79. The SMILES string of the molecule is CC(C)(C)C1CCC(C(=O)N[C@@H]2CCCC[C@H]2N)CC1. The van der Waals surface area contributed by atoms with Crippen LogP contribution in [0.2, 0.25) is 0 Å². The van der Waals surface area contributed by atoms with Crippen LogP contribution in [0.15, 0.2) is 0 Å². The minimum atomic E-state index is 0.165. The molecule has 1 amide bonds. The van der Waals surface area contributed by atoms with Crippen LogP contribution in [-0.2, 0) is 4.79 Å². The molecular formula is C17H32N2O. The second-order valence-corrected chi connectivity index (χ2v) is 7.98. The normalized spacial score (nSPS) is 35.6. The molecule has 0 aromatic rings. The number of hydrogen-bond donors (Lipinski definition) is 2. The number of carbonyl (C=O) groups is 1. The third-order valence-electron chi connectivity index (χ3n) is 5.47. The molecule has 3 heteroatoms. The smallest absolute Gasteiger partial charge is 0.223 e. The summed E-state index contributed by atoms with van der Waals surface area (Å²) >= 11 is 0. The largest absolute Gasteiger partial charge is 0.352 e. The van der Waals surface area contributed by atoms with E-state index in [-0.39, 0.29) is 23.9 Å². The predicted molar refractivity (Wildman–Crippen MR) is 83.3 cm³/mol. The molecular weight excluding hydrogens is 248 g/mol. The Bertz CT molecular complexity index is 326. The van der Waals surface area contributed by atoms with E-state index in [0.717, 1.165) is 31.6 Å². The lowest BCUT2D eigenvalue weighted by molar-refractivity contribution is -0.127. The van der Waals surface area contributed by atoms with Gasteiger partial charge in [0.2, 0.25) is 5.91 Å². The maximum absolute atomic E-state index is 12.4. The summed E-state index contributed by atoms with van der Waals surface area (Å²) in [5.74, 6) is 1.26. The van der Waals surface area contributed by atoms with E-state index in [1.54, 1.807) is 0 Å². The van der Waals surface area contributed by atoms with Crippen LogP contribution < -0.4 is 11.1 Å². The van der Waals surface area contributed by atoms with Gasteiger partial charge < -0.3 is 11.1 Å². The predicted octanol–water partition coefficient (Wildman–Crippen LogP) is 3.23. The van der Waals surface area contributed by atoms with Crippen LogP contribution >= 0.6 is 0 Å². The number of nitrogens with two attached hydrogens (primary N) is 1. The highest BCUT2D eigenvalue weighted by Gasteiger charge is 2.33. The van der Waals surface area contributed by atoms with Crippen LogP contribution in [0.4, 0.5) is 0 Å². The van der Waals surface area contributed by atoms with Gasteiger partial charge in [0, 0.05) is 18.0 Å². The number of carbonyl (C=O) groups excluding carboxylic acids is 1. The lowest BCUT2D eigenvalue weighted by Gasteiger charge is -2.37. The molecule has 0 saturated heterocycles. The minimum Gasteiger partial charge on any atom is -0.352 e. The summed E-state index contributed by atoms with van der Waals surface area (Å²) in [6.45, 7) is 6.96. The number of rotatable bonds is 2. The van der Waals surface area contributed by atoms with Gasteiger partial charge in [-0.2, -0.15) is 0 Å². The monoisotopic (exact) mass is 280 g/mol. The summed E-state index contributed by atoms with van der Waals surface area (Å²) in [7, 11) is 0. The molecule has 0 unspecified atom stereocenters. The van der Waals surface area contributed by atoms with Gasteiger partial charge in [-0.25, -0.2) is 0 Å². The van der Waals surface area contributed by atoms with Gasteiger partial charge >= 0.3 is 0 Å². The van der Waals surface area contributed by atoms with Gasteiger partial charge in [0.05, 0.1) is 0 Å². The fourth-order valence-corrected chi connectivity index (χ4v) is 3.86. The van der Waals surface area contributed by atoms with Crippen LogP contribution in [0.25, 0.3) is 0 Å². The Balaban J connectivity index is 1.80. The molecule has 2 atom stereocenters. The van der Waals surface area contributed by atoms with Crippen molar-refractivity contribution in [2.75, 3.05) is 0 Å². The van der Waals surface area contributed by atoms with Crippen LogP contribution in [0, 0.1) is 17.3 Å². The molecule has 0 aliphatic heterocycles. The van der Waals surface area contributed by atoms with E-state index in [1.165, 1.54) is 25.7 Å². The Kier molecular flexibility index (Phi) is 5.11. The Morgan fingerprint density at radius 2 is 1.60 bits per heavy atom. The summed E-state index contributed by atoms with van der Waals surface area (Å²) in [5.41, 5.74) is 6.50. The number of nitrogens with one attached hydrogen (secondary N) is 1. The van der Waals surface area contributed by atoms with Gasteiger partial charge in [0.1, 0.15) is 0 Å². The average Bonchev–Trinajstić information content (AvgIpc) is 2.40. The molecule has 2 aliphatic rings. The van der Waals surface area contributed by atoms with E-state index in [2.05, 4.69) is 26.1 Å². The molecule has 0 radical (unpaired) electrons. The Morgan fingerprint density at radius 1 is 1.00 bits per heavy atom. The highest BCUT2D eigenvalue weighted by Crippen LogP contribution is 2.39. The fourth-order valence-electron chi connectivity index (χ4n) is 3.86. The maximum Gasteiger partial charge on any atom is 0.223 e. The molecule has 0 spiro atoms. The van der Waals surface area contributed by atoms with Crippen molar-refractivity contribution in [2.45, 2.75) is 84.2 Å². The molecule has 3 nitrogen and oxygen atoms in total. The van der Waals surface area contributed by atoms with E-state index in [1.807, 2.05) is 0 Å². The van der Waals surface area contributed by atoms with Gasteiger partial charge in [-0.3, -0.25) is 4.79 Å². The summed E-state index contributed by atoms with van der Waals surface area (Å²) in [6.07, 6.45) is 9.02. The Morgan fingerprint density at radius 3 is 2.15 bits per heavy atom. The molecule has 20 heavy (non-hydrogen) atoms. The molecule has 3 N–H and O–H groups in total. The lowest BCUT2D eigenvalue weighted by Crippen LogP contribution is -2.51. The van der Waals surface area contributed by atoms with E-state index in [0.29, 0.717) is 5.41 Å². The van der Waals surface area contributed by atoms with Gasteiger partial charge in [-0.05, 0) is 49.9 Å². The molecule has 2 saturated carbocycles. The zero-order valence-corrected chi connectivity index (χ0v) is 13.5. The van der Waals surface area contributed by atoms with Crippen molar-refractivity contribution in [3.8, 4) is 0 Å². The van der Waals surface area contributed by atoms with Crippen LogP contribution in [-0.4, -0.2) is 18.0 Å². The fraction of sp³-hybridized carbons (Fsp3) is 0.941. The van der Waals surface area contributed by atoms with Gasteiger partial charge in [-0.1, -0.05) is 33.6 Å². The Labute approximate surface area is 124 Å². The first-order valence-corrected chi connectivity index (χ1v) is 8.44.